The summed E-state index contributed by atoms with van der Waals surface area (Å²) in [4.78, 5) is 35.9. The predicted molar refractivity (Wildman–Crippen MR) is 84.9 cm³/mol. The fourth-order valence-electron chi connectivity index (χ4n) is 2.93. The second-order valence-corrected chi connectivity index (χ2v) is 5.89. The highest BCUT2D eigenvalue weighted by molar-refractivity contribution is 6.21. The highest BCUT2D eigenvalue weighted by atomic mass is 19.2. The first-order valence-corrected chi connectivity index (χ1v) is 7.77. The van der Waals surface area contributed by atoms with Crippen LogP contribution in [0.4, 0.5) is 22.0 Å². The molecule has 4 rings (SSSR count). The third kappa shape index (κ3) is 2.72. The van der Waals surface area contributed by atoms with Gasteiger partial charge >= 0.3 is 17.9 Å². The van der Waals surface area contributed by atoms with Crippen LogP contribution in [0, 0.1) is 29.1 Å². The fourth-order valence-corrected chi connectivity index (χ4v) is 2.93. The predicted octanol–water partition coefficient (Wildman–Crippen LogP) is 4.07. The van der Waals surface area contributed by atoms with E-state index in [9.17, 15) is 36.3 Å². The van der Waals surface area contributed by atoms with E-state index in [0.717, 1.165) is 12.1 Å². The Labute approximate surface area is 157 Å². The number of rotatable bonds is 2. The SMILES string of the molecule is O=C(Oc1cc2c3c(cccc3c1)C(=O)OC2=O)c1c(F)c(F)c(F)c(F)c1F. The minimum absolute atomic E-state index is 0.0646. The summed E-state index contributed by atoms with van der Waals surface area (Å²) < 4.78 is 76.6. The topological polar surface area (TPSA) is 69.7 Å². The summed E-state index contributed by atoms with van der Waals surface area (Å²) in [6.45, 7) is 0. The first-order valence-electron chi connectivity index (χ1n) is 7.77. The molecule has 0 unspecified atom stereocenters. The zero-order valence-corrected chi connectivity index (χ0v) is 13.8. The van der Waals surface area contributed by atoms with Crippen LogP contribution in [-0.4, -0.2) is 17.9 Å². The molecule has 1 aliphatic rings. The van der Waals surface area contributed by atoms with Crippen LogP contribution in [-0.2, 0) is 4.74 Å². The van der Waals surface area contributed by atoms with Gasteiger partial charge in [-0.2, -0.15) is 0 Å². The third-order valence-corrected chi connectivity index (χ3v) is 4.20. The smallest absolute Gasteiger partial charge is 0.349 e. The first-order chi connectivity index (χ1) is 13.7. The van der Waals surface area contributed by atoms with Crippen LogP contribution in [0.1, 0.15) is 31.1 Å². The van der Waals surface area contributed by atoms with Crippen LogP contribution in [0.2, 0.25) is 0 Å². The molecule has 0 bridgehead atoms. The van der Waals surface area contributed by atoms with Gasteiger partial charge < -0.3 is 9.47 Å². The maximum atomic E-state index is 13.8. The Hall–Kier alpha value is -3.82. The molecule has 5 nitrogen and oxygen atoms in total. The molecule has 0 atom stereocenters. The number of hydrogen-bond acceptors (Lipinski definition) is 5. The summed E-state index contributed by atoms with van der Waals surface area (Å²) >= 11 is 0. The number of cyclic esters (lactones) is 2. The van der Waals surface area contributed by atoms with Gasteiger partial charge in [-0.15, -0.1) is 0 Å². The molecule has 0 N–H and O–H groups in total. The maximum absolute atomic E-state index is 13.8. The molecule has 0 aromatic heterocycles. The number of hydrogen-bond donors (Lipinski definition) is 0. The second-order valence-electron chi connectivity index (χ2n) is 5.89. The molecule has 0 saturated carbocycles. The molecule has 0 saturated heterocycles. The van der Waals surface area contributed by atoms with Gasteiger partial charge in [0.2, 0.25) is 5.82 Å². The second kappa shape index (κ2) is 6.36. The zero-order valence-electron chi connectivity index (χ0n) is 13.8. The molecule has 29 heavy (non-hydrogen) atoms. The van der Waals surface area contributed by atoms with E-state index in [4.69, 9.17) is 4.74 Å². The van der Waals surface area contributed by atoms with E-state index in [1.54, 1.807) is 0 Å². The number of halogens is 5. The summed E-state index contributed by atoms with van der Waals surface area (Å²) in [5.41, 5.74) is -1.91. The van der Waals surface area contributed by atoms with Gasteiger partial charge in [-0.3, -0.25) is 0 Å². The van der Waals surface area contributed by atoms with Crippen molar-refractivity contribution in [2.45, 2.75) is 0 Å². The van der Waals surface area contributed by atoms with Crippen LogP contribution in [0.15, 0.2) is 30.3 Å². The fraction of sp³-hybridized carbons (Fsp3) is 0. The van der Waals surface area contributed by atoms with Gasteiger partial charge in [-0.1, -0.05) is 12.1 Å². The Morgan fingerprint density at radius 3 is 2.03 bits per heavy atom. The van der Waals surface area contributed by atoms with Crippen molar-refractivity contribution in [2.75, 3.05) is 0 Å². The standard InChI is InChI=1S/C19H5F5O5/c20-12-11(13(21)15(23)16(24)14(12)22)19(27)28-7-4-6-2-1-3-8-10(6)9(5-7)18(26)29-17(8)25/h1-5H. The van der Waals surface area contributed by atoms with Crippen molar-refractivity contribution in [3.8, 4) is 5.75 Å². The Morgan fingerprint density at radius 2 is 1.38 bits per heavy atom. The van der Waals surface area contributed by atoms with Gasteiger partial charge in [-0.25, -0.2) is 36.3 Å². The molecule has 1 aliphatic heterocycles. The maximum Gasteiger partial charge on any atom is 0.349 e. The Balaban J connectivity index is 1.82. The van der Waals surface area contributed by atoms with E-state index in [-0.39, 0.29) is 21.9 Å². The average molecular weight is 408 g/mol. The molecular weight excluding hydrogens is 403 g/mol. The van der Waals surface area contributed by atoms with E-state index in [0.29, 0.717) is 0 Å². The van der Waals surface area contributed by atoms with Crippen molar-refractivity contribution >= 4 is 28.7 Å². The van der Waals surface area contributed by atoms with Crippen LogP contribution >= 0.6 is 0 Å². The van der Waals surface area contributed by atoms with E-state index >= 15 is 0 Å². The summed E-state index contributed by atoms with van der Waals surface area (Å²) in [5.74, 6) is -16.0. The van der Waals surface area contributed by atoms with Gasteiger partial charge in [0, 0.05) is 5.39 Å². The van der Waals surface area contributed by atoms with Crippen molar-refractivity contribution in [2.24, 2.45) is 0 Å². The number of carbonyl (C=O) groups is 3. The summed E-state index contributed by atoms with van der Waals surface area (Å²) in [7, 11) is 0. The summed E-state index contributed by atoms with van der Waals surface area (Å²) in [6, 6.07) is 6.38. The third-order valence-electron chi connectivity index (χ3n) is 4.20. The molecule has 0 spiro atoms. The lowest BCUT2D eigenvalue weighted by atomic mass is 9.97. The van der Waals surface area contributed by atoms with Crippen molar-refractivity contribution in [3.63, 3.8) is 0 Å². The molecule has 1 heterocycles. The van der Waals surface area contributed by atoms with E-state index in [1.807, 2.05) is 0 Å². The van der Waals surface area contributed by atoms with Gasteiger partial charge in [-0.05, 0) is 23.6 Å². The molecule has 3 aromatic carbocycles. The Bertz CT molecular complexity index is 1240. The monoisotopic (exact) mass is 408 g/mol. The summed E-state index contributed by atoms with van der Waals surface area (Å²) in [6.07, 6.45) is 0. The summed E-state index contributed by atoms with van der Waals surface area (Å²) in [5, 5.41) is 0.440. The van der Waals surface area contributed by atoms with Crippen LogP contribution in [0.25, 0.3) is 10.8 Å². The van der Waals surface area contributed by atoms with Crippen LogP contribution in [0.5, 0.6) is 5.75 Å². The molecule has 3 aromatic rings. The van der Waals surface area contributed by atoms with Gasteiger partial charge in [0.15, 0.2) is 23.3 Å². The molecule has 0 amide bonds. The Kier molecular flexibility index (Phi) is 4.07. The Morgan fingerprint density at radius 1 is 0.793 bits per heavy atom. The number of carbonyl (C=O) groups excluding carboxylic acids is 3. The molecule has 146 valence electrons. The van der Waals surface area contributed by atoms with Gasteiger partial charge in [0.25, 0.3) is 0 Å². The molecule has 0 aliphatic carbocycles. The minimum Gasteiger partial charge on any atom is -0.423 e. The quantitative estimate of drug-likeness (QED) is 0.160. The van der Waals surface area contributed by atoms with Gasteiger partial charge in [0.1, 0.15) is 11.3 Å². The lowest BCUT2D eigenvalue weighted by molar-refractivity contribution is 0.0389. The normalized spacial score (nSPS) is 12.9. The minimum atomic E-state index is -2.42. The molecular formula is C19H5F5O5. The van der Waals surface area contributed by atoms with E-state index < -0.39 is 58.3 Å². The lowest BCUT2D eigenvalue weighted by Gasteiger charge is -2.16. The highest BCUT2D eigenvalue weighted by Gasteiger charge is 2.32. The van der Waals surface area contributed by atoms with Crippen molar-refractivity contribution in [1.29, 1.82) is 0 Å². The van der Waals surface area contributed by atoms with Crippen molar-refractivity contribution in [1.82, 2.24) is 0 Å². The largest absolute Gasteiger partial charge is 0.423 e. The van der Waals surface area contributed by atoms with Crippen molar-refractivity contribution < 1.29 is 45.8 Å². The molecule has 10 heteroatoms. The highest BCUT2D eigenvalue weighted by Crippen LogP contribution is 2.33. The number of ether oxygens (including phenoxy) is 2. The van der Waals surface area contributed by atoms with Crippen molar-refractivity contribution in [3.05, 3.63) is 76.1 Å². The number of esters is 3. The first kappa shape index (κ1) is 18.5. The average Bonchev–Trinajstić information content (AvgIpc) is 2.68. The molecule has 0 fully saturated rings. The van der Waals surface area contributed by atoms with Crippen LogP contribution in [0.3, 0.4) is 0 Å². The van der Waals surface area contributed by atoms with E-state index in [2.05, 4.69) is 4.74 Å². The van der Waals surface area contributed by atoms with Crippen LogP contribution < -0.4 is 4.74 Å². The number of benzene rings is 3. The van der Waals surface area contributed by atoms with E-state index in [1.165, 1.54) is 18.2 Å². The van der Waals surface area contributed by atoms with Gasteiger partial charge in [0.05, 0.1) is 11.1 Å². The zero-order chi connectivity index (χ0) is 21.0. The lowest BCUT2D eigenvalue weighted by Crippen LogP contribution is -2.20. The molecule has 0 radical (unpaired) electrons.